The molecule has 4 nitrogen and oxygen atoms in total. The van der Waals surface area contributed by atoms with E-state index in [0.29, 0.717) is 0 Å². The SMILES string of the molecule is CCCCCCCCn1nnnc1CCI. The minimum absolute atomic E-state index is 0.976. The van der Waals surface area contributed by atoms with Crippen molar-refractivity contribution in [3.63, 3.8) is 0 Å². The molecule has 5 heteroatoms. The number of hydrogen-bond acceptors (Lipinski definition) is 3. The highest BCUT2D eigenvalue weighted by Crippen LogP contribution is 2.06. The van der Waals surface area contributed by atoms with Crippen LogP contribution in [0.3, 0.4) is 0 Å². The number of rotatable bonds is 9. The van der Waals surface area contributed by atoms with Gasteiger partial charge in [-0.25, -0.2) is 4.68 Å². The maximum atomic E-state index is 4.03. The smallest absolute Gasteiger partial charge is 0.152 e. The van der Waals surface area contributed by atoms with E-state index in [9.17, 15) is 0 Å². The summed E-state index contributed by atoms with van der Waals surface area (Å²) in [5, 5.41) is 11.8. The maximum Gasteiger partial charge on any atom is 0.152 e. The third-order valence-corrected chi connectivity index (χ3v) is 3.19. The summed E-state index contributed by atoms with van der Waals surface area (Å²) in [6.07, 6.45) is 8.86. The first-order valence-corrected chi connectivity index (χ1v) is 7.72. The van der Waals surface area contributed by atoms with Gasteiger partial charge in [-0.15, -0.1) is 5.10 Å². The summed E-state index contributed by atoms with van der Waals surface area (Å²) in [6.45, 7) is 3.22. The van der Waals surface area contributed by atoms with E-state index in [4.69, 9.17) is 0 Å². The maximum absolute atomic E-state index is 4.03. The molecule has 92 valence electrons. The molecule has 0 aliphatic rings. The Bertz CT molecular complexity index is 275. The van der Waals surface area contributed by atoms with Gasteiger partial charge < -0.3 is 0 Å². The molecule has 0 N–H and O–H groups in total. The van der Waals surface area contributed by atoms with Gasteiger partial charge in [0.05, 0.1) is 0 Å². The van der Waals surface area contributed by atoms with Gasteiger partial charge in [0, 0.05) is 17.4 Å². The Morgan fingerprint density at radius 3 is 2.62 bits per heavy atom. The highest BCUT2D eigenvalue weighted by molar-refractivity contribution is 14.1. The molecule has 0 bridgehead atoms. The lowest BCUT2D eigenvalue weighted by Crippen LogP contribution is -2.06. The molecule has 0 aliphatic carbocycles. The zero-order chi connectivity index (χ0) is 11.6. The minimum Gasteiger partial charge on any atom is -0.230 e. The number of hydrogen-bond donors (Lipinski definition) is 0. The number of aryl methyl sites for hydroxylation is 2. The number of unbranched alkanes of at least 4 members (excludes halogenated alkanes) is 5. The fourth-order valence-electron chi connectivity index (χ4n) is 1.70. The Balaban J connectivity index is 2.13. The normalized spacial score (nSPS) is 10.9. The van der Waals surface area contributed by atoms with Crippen LogP contribution in [0.25, 0.3) is 0 Å². The van der Waals surface area contributed by atoms with Crippen LogP contribution in [-0.2, 0) is 13.0 Å². The molecule has 0 aliphatic heterocycles. The molecule has 1 aromatic rings. The third-order valence-electron chi connectivity index (χ3n) is 2.65. The number of alkyl halides is 1. The van der Waals surface area contributed by atoms with Crippen LogP contribution < -0.4 is 0 Å². The van der Waals surface area contributed by atoms with Crippen LogP contribution in [0, 0.1) is 0 Å². The molecule has 0 spiro atoms. The molecule has 0 unspecified atom stereocenters. The summed E-state index contributed by atoms with van der Waals surface area (Å²) >= 11 is 2.36. The standard InChI is InChI=1S/C11H21IN4/c1-2-3-4-5-6-7-10-16-11(8-9-12)13-14-15-16/h2-10H2,1H3. The molecule has 0 radical (unpaired) electrons. The number of aromatic nitrogens is 4. The molecule has 0 saturated heterocycles. The molecule has 0 amide bonds. The van der Waals surface area contributed by atoms with Crippen LogP contribution in [0.1, 0.15) is 51.3 Å². The first kappa shape index (κ1) is 13.9. The Morgan fingerprint density at radius 2 is 1.88 bits per heavy atom. The second-order valence-electron chi connectivity index (χ2n) is 4.03. The average Bonchev–Trinajstić information content (AvgIpc) is 2.72. The predicted octanol–water partition coefficient (Wildman–Crippen LogP) is 3.01. The Hall–Kier alpha value is -0.200. The van der Waals surface area contributed by atoms with E-state index in [-0.39, 0.29) is 0 Å². The number of tetrazole rings is 1. The lowest BCUT2D eigenvalue weighted by molar-refractivity contribution is 0.505. The Kier molecular flexibility index (Phi) is 7.71. The molecular formula is C11H21IN4. The highest BCUT2D eigenvalue weighted by atomic mass is 127. The van der Waals surface area contributed by atoms with E-state index < -0.39 is 0 Å². The second kappa shape index (κ2) is 8.90. The second-order valence-corrected chi connectivity index (χ2v) is 5.10. The van der Waals surface area contributed by atoms with Gasteiger partial charge in [0.15, 0.2) is 5.82 Å². The number of nitrogens with zero attached hydrogens (tertiary/aromatic N) is 4. The van der Waals surface area contributed by atoms with Crippen molar-refractivity contribution in [2.75, 3.05) is 4.43 Å². The molecule has 0 atom stereocenters. The van der Waals surface area contributed by atoms with E-state index in [1.807, 2.05) is 4.68 Å². The van der Waals surface area contributed by atoms with E-state index in [1.165, 1.54) is 38.5 Å². The van der Waals surface area contributed by atoms with E-state index >= 15 is 0 Å². The van der Waals surface area contributed by atoms with Crippen molar-refractivity contribution in [1.82, 2.24) is 20.2 Å². The fraction of sp³-hybridized carbons (Fsp3) is 0.909. The zero-order valence-electron chi connectivity index (χ0n) is 10.0. The predicted molar refractivity (Wildman–Crippen MR) is 73.8 cm³/mol. The molecule has 0 aromatic carbocycles. The van der Waals surface area contributed by atoms with Gasteiger partial charge in [-0.1, -0.05) is 61.6 Å². The van der Waals surface area contributed by atoms with E-state index in [0.717, 1.165) is 23.2 Å². The summed E-state index contributed by atoms with van der Waals surface area (Å²) in [7, 11) is 0. The summed E-state index contributed by atoms with van der Waals surface area (Å²) < 4.78 is 3.03. The van der Waals surface area contributed by atoms with Gasteiger partial charge in [-0.2, -0.15) is 0 Å². The molecular weight excluding hydrogens is 315 g/mol. The van der Waals surface area contributed by atoms with Gasteiger partial charge in [0.1, 0.15) is 0 Å². The fourth-order valence-corrected chi connectivity index (χ4v) is 2.18. The molecule has 0 saturated carbocycles. The quantitative estimate of drug-likeness (QED) is 0.396. The topological polar surface area (TPSA) is 43.6 Å². The highest BCUT2D eigenvalue weighted by Gasteiger charge is 2.03. The van der Waals surface area contributed by atoms with Crippen molar-refractivity contribution in [3.05, 3.63) is 5.82 Å². The van der Waals surface area contributed by atoms with E-state index in [1.54, 1.807) is 0 Å². The van der Waals surface area contributed by atoms with Crippen LogP contribution in [0.5, 0.6) is 0 Å². The largest absolute Gasteiger partial charge is 0.230 e. The van der Waals surface area contributed by atoms with Crippen molar-refractivity contribution in [2.24, 2.45) is 0 Å². The van der Waals surface area contributed by atoms with Crippen molar-refractivity contribution < 1.29 is 0 Å². The van der Waals surface area contributed by atoms with Crippen molar-refractivity contribution in [1.29, 1.82) is 0 Å². The summed E-state index contributed by atoms with van der Waals surface area (Å²) in [4.78, 5) is 0. The average molecular weight is 336 g/mol. The van der Waals surface area contributed by atoms with Gasteiger partial charge in [0.25, 0.3) is 0 Å². The molecule has 0 fully saturated rings. The van der Waals surface area contributed by atoms with Crippen molar-refractivity contribution >= 4 is 22.6 Å². The molecule has 1 heterocycles. The summed E-state index contributed by atoms with van der Waals surface area (Å²) in [6, 6.07) is 0. The van der Waals surface area contributed by atoms with Crippen molar-refractivity contribution in [3.8, 4) is 0 Å². The summed E-state index contributed by atoms with van der Waals surface area (Å²) in [5.41, 5.74) is 0. The molecule has 1 aromatic heterocycles. The molecule has 1 rings (SSSR count). The number of halogens is 1. The van der Waals surface area contributed by atoms with Gasteiger partial charge in [-0.3, -0.25) is 0 Å². The van der Waals surface area contributed by atoms with E-state index in [2.05, 4.69) is 45.0 Å². The lowest BCUT2D eigenvalue weighted by Gasteiger charge is -2.03. The first-order chi connectivity index (χ1) is 7.88. The van der Waals surface area contributed by atoms with Gasteiger partial charge in [-0.05, 0) is 16.8 Å². The summed E-state index contributed by atoms with van der Waals surface area (Å²) in [5.74, 6) is 1.03. The van der Waals surface area contributed by atoms with Crippen molar-refractivity contribution in [2.45, 2.75) is 58.4 Å². The third kappa shape index (κ3) is 5.23. The van der Waals surface area contributed by atoms with Crippen LogP contribution >= 0.6 is 22.6 Å². The monoisotopic (exact) mass is 336 g/mol. The molecule has 16 heavy (non-hydrogen) atoms. The van der Waals surface area contributed by atoms with Crippen LogP contribution in [0.4, 0.5) is 0 Å². The van der Waals surface area contributed by atoms with Crippen LogP contribution in [0.15, 0.2) is 0 Å². The van der Waals surface area contributed by atoms with Gasteiger partial charge >= 0.3 is 0 Å². The first-order valence-electron chi connectivity index (χ1n) is 6.19. The Morgan fingerprint density at radius 1 is 1.12 bits per heavy atom. The van der Waals surface area contributed by atoms with Crippen LogP contribution in [0.2, 0.25) is 0 Å². The lowest BCUT2D eigenvalue weighted by atomic mass is 10.1. The van der Waals surface area contributed by atoms with Crippen LogP contribution in [-0.4, -0.2) is 24.6 Å². The zero-order valence-corrected chi connectivity index (χ0v) is 12.2. The van der Waals surface area contributed by atoms with Gasteiger partial charge in [0.2, 0.25) is 0 Å². The Labute approximate surface area is 111 Å². The minimum atomic E-state index is 0.976.